The maximum atomic E-state index is 14.0. The number of aliphatic hydroxyl groups is 1. The third-order valence-corrected chi connectivity index (χ3v) is 5.87. The van der Waals surface area contributed by atoms with E-state index in [4.69, 9.17) is 4.74 Å². The number of nitrogens with one attached hydrogen (secondary N) is 1. The minimum absolute atomic E-state index is 0.114. The van der Waals surface area contributed by atoms with E-state index in [0.29, 0.717) is 41.9 Å². The number of nitrogens with zero attached hydrogens (tertiary/aromatic N) is 4. The van der Waals surface area contributed by atoms with Gasteiger partial charge in [-0.3, -0.25) is 9.78 Å². The predicted molar refractivity (Wildman–Crippen MR) is 119 cm³/mol. The van der Waals surface area contributed by atoms with Gasteiger partial charge in [0.05, 0.1) is 30.7 Å². The molecule has 1 aliphatic heterocycles. The summed E-state index contributed by atoms with van der Waals surface area (Å²) in [5.74, 6) is 0.436. The largest absolute Gasteiger partial charge is 0.495 e. The highest BCUT2D eigenvalue weighted by molar-refractivity contribution is 5.92. The highest BCUT2D eigenvalue weighted by Crippen LogP contribution is 2.37. The van der Waals surface area contributed by atoms with Gasteiger partial charge in [0, 0.05) is 42.1 Å². The number of pyridine rings is 1. The summed E-state index contributed by atoms with van der Waals surface area (Å²) in [4.78, 5) is 22.0. The second-order valence-electron chi connectivity index (χ2n) is 8.03. The molecule has 1 unspecified atom stereocenters. The van der Waals surface area contributed by atoms with E-state index >= 15 is 0 Å². The van der Waals surface area contributed by atoms with Crippen LogP contribution in [0.4, 0.5) is 18.9 Å². The number of H-pyrrole nitrogens is 1. The molecule has 34 heavy (non-hydrogen) atoms. The number of aromatic nitrogens is 4. The number of ether oxygens (including phenoxy) is 1. The summed E-state index contributed by atoms with van der Waals surface area (Å²) in [7, 11) is 1.47. The van der Waals surface area contributed by atoms with Gasteiger partial charge < -0.3 is 19.7 Å². The number of halogens is 3. The molecule has 2 N–H and O–H groups in total. The smallest absolute Gasteiger partial charge is 0.418 e. The van der Waals surface area contributed by atoms with Gasteiger partial charge >= 0.3 is 6.18 Å². The van der Waals surface area contributed by atoms with E-state index < -0.39 is 29.1 Å². The molecule has 3 aromatic heterocycles. The fourth-order valence-corrected chi connectivity index (χ4v) is 4.19. The Labute approximate surface area is 191 Å². The zero-order chi connectivity index (χ0) is 24.0. The second-order valence-corrected chi connectivity index (χ2v) is 8.03. The van der Waals surface area contributed by atoms with Crippen LogP contribution in [0.1, 0.15) is 12.0 Å². The van der Waals surface area contributed by atoms with Gasteiger partial charge in [-0.05, 0) is 36.8 Å². The highest BCUT2D eigenvalue weighted by Gasteiger charge is 2.36. The zero-order valence-electron chi connectivity index (χ0n) is 18.0. The van der Waals surface area contributed by atoms with E-state index in [2.05, 4.69) is 15.1 Å². The van der Waals surface area contributed by atoms with E-state index in [0.717, 1.165) is 10.7 Å². The van der Waals surface area contributed by atoms with Crippen molar-refractivity contribution in [3.63, 3.8) is 0 Å². The quantitative estimate of drug-likeness (QED) is 0.474. The topological polar surface area (TPSA) is 96.3 Å². The van der Waals surface area contributed by atoms with Crippen molar-refractivity contribution in [1.29, 1.82) is 0 Å². The van der Waals surface area contributed by atoms with Gasteiger partial charge in [-0.2, -0.15) is 23.0 Å². The lowest BCUT2D eigenvalue weighted by Crippen LogP contribution is -2.26. The third-order valence-electron chi connectivity index (χ3n) is 5.87. The van der Waals surface area contributed by atoms with E-state index in [9.17, 15) is 23.1 Å². The van der Waals surface area contributed by atoms with Gasteiger partial charge in [-0.1, -0.05) is 0 Å². The number of anilines is 1. The highest BCUT2D eigenvalue weighted by atomic mass is 19.4. The number of alkyl halides is 3. The molecule has 5 rings (SSSR count). The number of β-amino-alcohol motifs (C(OH)–C–C–N with tert-alkyl or cyclic N) is 1. The molecule has 4 heterocycles. The first-order chi connectivity index (χ1) is 16.3. The van der Waals surface area contributed by atoms with E-state index in [1.165, 1.54) is 37.8 Å². The molecule has 4 aromatic rings. The van der Waals surface area contributed by atoms with Crippen LogP contribution in [-0.4, -0.2) is 51.2 Å². The number of fused-ring (bicyclic) bond motifs is 1. The number of hydrogen-bond acceptors (Lipinski definition) is 6. The van der Waals surface area contributed by atoms with Crippen LogP contribution in [0, 0.1) is 0 Å². The van der Waals surface area contributed by atoms with Gasteiger partial charge in [-0.25, -0.2) is 0 Å². The normalized spacial score (nSPS) is 16.4. The molecule has 0 saturated carbocycles. The standard InChI is InChI=1S/C23H20F3N5O3/c1-34-16-8-13(10-27-11-16)20-17-4-6-28-21(17)22(33)31(29-20)19-9-14(30-7-5-15(32)12-30)2-3-18(19)23(24,25)26/h2-4,6,8-11,15,28,32H,5,7,12H2,1H3. The molecule has 0 aliphatic carbocycles. The number of hydrogen-bond donors (Lipinski definition) is 2. The molecule has 8 nitrogen and oxygen atoms in total. The molecule has 1 fully saturated rings. The Morgan fingerprint density at radius 2 is 2.03 bits per heavy atom. The van der Waals surface area contributed by atoms with Crippen molar-refractivity contribution in [1.82, 2.24) is 19.7 Å². The molecule has 1 aromatic carbocycles. The van der Waals surface area contributed by atoms with Crippen molar-refractivity contribution in [2.45, 2.75) is 18.7 Å². The van der Waals surface area contributed by atoms with Crippen LogP contribution in [0.3, 0.4) is 0 Å². The van der Waals surface area contributed by atoms with Crippen molar-refractivity contribution in [3.05, 3.63) is 64.8 Å². The summed E-state index contributed by atoms with van der Waals surface area (Å²) < 4.78 is 47.9. The Balaban J connectivity index is 1.77. The average Bonchev–Trinajstić information content (AvgIpc) is 3.48. The summed E-state index contributed by atoms with van der Waals surface area (Å²) >= 11 is 0. The van der Waals surface area contributed by atoms with Crippen molar-refractivity contribution >= 4 is 16.6 Å². The first kappa shape index (κ1) is 22.0. The summed E-state index contributed by atoms with van der Waals surface area (Å²) in [6, 6.07) is 6.85. The number of aliphatic hydroxyl groups excluding tert-OH is 1. The van der Waals surface area contributed by atoms with Gasteiger partial charge in [0.25, 0.3) is 5.56 Å². The van der Waals surface area contributed by atoms with Crippen LogP contribution in [0.15, 0.2) is 53.7 Å². The van der Waals surface area contributed by atoms with E-state index in [1.807, 2.05) is 0 Å². The molecule has 0 spiro atoms. The lowest BCUT2D eigenvalue weighted by atomic mass is 10.1. The summed E-state index contributed by atoms with van der Waals surface area (Å²) in [5, 5.41) is 14.7. The average molecular weight is 471 g/mol. The summed E-state index contributed by atoms with van der Waals surface area (Å²) in [6.45, 7) is 0.786. The van der Waals surface area contributed by atoms with Crippen LogP contribution in [0.25, 0.3) is 27.8 Å². The Bertz CT molecular complexity index is 1430. The first-order valence-electron chi connectivity index (χ1n) is 10.5. The Kier molecular flexibility index (Phi) is 5.28. The molecule has 0 bridgehead atoms. The lowest BCUT2D eigenvalue weighted by Gasteiger charge is -2.21. The number of aromatic amines is 1. The van der Waals surface area contributed by atoms with Crippen molar-refractivity contribution in [2.24, 2.45) is 0 Å². The maximum Gasteiger partial charge on any atom is 0.418 e. The fourth-order valence-electron chi connectivity index (χ4n) is 4.19. The SMILES string of the molecule is COc1cncc(-c2nn(-c3cc(N4CCC(O)C4)ccc3C(F)(F)F)c(=O)c3[nH]ccc23)c1. The van der Waals surface area contributed by atoms with Crippen molar-refractivity contribution in [2.75, 3.05) is 25.1 Å². The van der Waals surface area contributed by atoms with Crippen LogP contribution in [-0.2, 0) is 6.18 Å². The number of methoxy groups -OCH3 is 1. The van der Waals surface area contributed by atoms with Crippen molar-refractivity contribution in [3.8, 4) is 22.7 Å². The number of rotatable bonds is 4. The molecular formula is C23H20F3N5O3. The maximum absolute atomic E-state index is 14.0. The molecule has 0 amide bonds. The summed E-state index contributed by atoms with van der Waals surface area (Å²) in [5.41, 5.74) is -0.783. The van der Waals surface area contributed by atoms with Gasteiger partial charge in [0.15, 0.2) is 0 Å². The molecule has 0 radical (unpaired) electrons. The van der Waals surface area contributed by atoms with E-state index in [1.54, 1.807) is 17.0 Å². The Hall–Kier alpha value is -3.86. The fraction of sp³-hybridized carbons (Fsp3) is 0.261. The molecule has 1 saturated heterocycles. The van der Waals surface area contributed by atoms with Crippen molar-refractivity contribution < 1.29 is 23.0 Å². The zero-order valence-corrected chi connectivity index (χ0v) is 18.0. The lowest BCUT2D eigenvalue weighted by molar-refractivity contribution is -0.137. The molecule has 11 heteroatoms. The minimum atomic E-state index is -4.72. The minimum Gasteiger partial charge on any atom is -0.495 e. The van der Waals surface area contributed by atoms with E-state index in [-0.39, 0.29) is 11.2 Å². The number of benzene rings is 1. The molecule has 1 atom stereocenters. The predicted octanol–water partition coefficient (Wildman–Crippen LogP) is 3.37. The Morgan fingerprint density at radius 3 is 2.74 bits per heavy atom. The first-order valence-corrected chi connectivity index (χ1v) is 10.5. The van der Waals surface area contributed by atoms with Crippen LogP contribution < -0.4 is 15.2 Å². The summed E-state index contributed by atoms with van der Waals surface area (Å²) in [6.07, 6.45) is -0.253. The second kappa shape index (κ2) is 8.17. The molecular weight excluding hydrogens is 451 g/mol. The van der Waals surface area contributed by atoms with Gasteiger partial charge in [0.2, 0.25) is 0 Å². The Morgan fingerprint density at radius 1 is 1.21 bits per heavy atom. The van der Waals surface area contributed by atoms with Crippen LogP contribution in [0.2, 0.25) is 0 Å². The third kappa shape index (κ3) is 3.77. The molecule has 1 aliphatic rings. The monoisotopic (exact) mass is 471 g/mol. The molecule has 176 valence electrons. The van der Waals surface area contributed by atoms with Crippen LogP contribution in [0.5, 0.6) is 5.75 Å². The van der Waals surface area contributed by atoms with Crippen LogP contribution >= 0.6 is 0 Å². The van der Waals surface area contributed by atoms with Gasteiger partial charge in [-0.15, -0.1) is 0 Å². The van der Waals surface area contributed by atoms with Gasteiger partial charge in [0.1, 0.15) is 17.0 Å².